The molecule has 3 heteroatoms. The molecule has 0 aliphatic rings. The van der Waals surface area contributed by atoms with Gasteiger partial charge >= 0.3 is 0 Å². The zero-order valence-corrected chi connectivity index (χ0v) is 12.7. The molecule has 2 aromatic carbocycles. The van der Waals surface area contributed by atoms with Gasteiger partial charge in [0.25, 0.3) is 0 Å². The lowest BCUT2D eigenvalue weighted by atomic mass is 10.1. The lowest BCUT2D eigenvalue weighted by Crippen LogP contribution is -1.93. The van der Waals surface area contributed by atoms with Gasteiger partial charge in [-0.15, -0.1) is 0 Å². The third-order valence-corrected chi connectivity index (χ3v) is 3.38. The number of aliphatic hydroxyl groups is 1. The molecule has 0 saturated heterocycles. The van der Waals surface area contributed by atoms with Crippen LogP contribution >= 0.6 is 0 Å². The Bertz CT molecular complexity index is 652. The lowest BCUT2D eigenvalue weighted by Gasteiger charge is -2.06. The fourth-order valence-electron chi connectivity index (χ4n) is 2.50. The van der Waals surface area contributed by atoms with Crippen molar-refractivity contribution in [3.8, 4) is 5.75 Å². The normalized spacial score (nSPS) is 11.2. The van der Waals surface area contributed by atoms with E-state index in [-0.39, 0.29) is 12.4 Å². The Balaban J connectivity index is 2.18. The predicted octanol–water partition coefficient (Wildman–Crippen LogP) is 3.43. The molecule has 2 aromatic rings. The van der Waals surface area contributed by atoms with Gasteiger partial charge in [-0.3, -0.25) is 4.99 Å². The van der Waals surface area contributed by atoms with Crippen LogP contribution in [0, 0.1) is 20.8 Å². The minimum absolute atomic E-state index is 0.0379. The molecule has 0 fully saturated rings. The third-order valence-electron chi connectivity index (χ3n) is 3.38. The minimum atomic E-state index is 0.0379. The number of aliphatic hydroxyl groups excluding tert-OH is 1. The highest BCUT2D eigenvalue weighted by Gasteiger charge is 2.03. The molecule has 0 unspecified atom stereocenters. The highest BCUT2D eigenvalue weighted by atomic mass is 16.3. The topological polar surface area (TPSA) is 52.8 Å². The molecule has 2 rings (SSSR count). The molecule has 110 valence electrons. The van der Waals surface area contributed by atoms with Gasteiger partial charge in [0.2, 0.25) is 0 Å². The SMILES string of the molecule is Cc1cc(CO)cc(CN=Cc2c(C)cc(C)cc2O)c1. The van der Waals surface area contributed by atoms with Gasteiger partial charge in [0.1, 0.15) is 5.75 Å². The van der Waals surface area contributed by atoms with Crippen molar-refractivity contribution in [2.45, 2.75) is 33.9 Å². The number of aryl methyl sites for hydroxylation is 3. The van der Waals surface area contributed by atoms with E-state index in [0.717, 1.165) is 33.4 Å². The van der Waals surface area contributed by atoms with E-state index in [1.807, 2.05) is 39.0 Å². The average molecular weight is 283 g/mol. The first-order valence-electron chi connectivity index (χ1n) is 7.00. The second-order valence-corrected chi connectivity index (χ2v) is 5.47. The zero-order chi connectivity index (χ0) is 15.4. The molecular formula is C18H21NO2. The first-order chi connectivity index (χ1) is 9.99. The van der Waals surface area contributed by atoms with Crippen LogP contribution < -0.4 is 0 Å². The molecule has 0 bridgehead atoms. The quantitative estimate of drug-likeness (QED) is 0.845. The van der Waals surface area contributed by atoms with E-state index in [9.17, 15) is 10.2 Å². The Hall–Kier alpha value is -2.13. The van der Waals surface area contributed by atoms with Crippen LogP contribution in [-0.4, -0.2) is 16.4 Å². The summed E-state index contributed by atoms with van der Waals surface area (Å²) in [5, 5.41) is 19.2. The van der Waals surface area contributed by atoms with Crippen LogP contribution in [0.2, 0.25) is 0 Å². The highest BCUT2D eigenvalue weighted by molar-refractivity contribution is 5.85. The summed E-state index contributed by atoms with van der Waals surface area (Å²) in [7, 11) is 0. The van der Waals surface area contributed by atoms with Gasteiger partial charge in [-0.05, 0) is 49.1 Å². The molecule has 0 aromatic heterocycles. The number of benzene rings is 2. The van der Waals surface area contributed by atoms with Crippen LogP contribution in [-0.2, 0) is 13.2 Å². The Labute approximate surface area is 125 Å². The third kappa shape index (κ3) is 3.92. The predicted molar refractivity (Wildman–Crippen MR) is 86.0 cm³/mol. The van der Waals surface area contributed by atoms with Crippen molar-refractivity contribution in [2.75, 3.05) is 0 Å². The second-order valence-electron chi connectivity index (χ2n) is 5.47. The van der Waals surface area contributed by atoms with Crippen LogP contribution in [0.5, 0.6) is 5.75 Å². The van der Waals surface area contributed by atoms with Crippen molar-refractivity contribution in [3.63, 3.8) is 0 Å². The first kappa shape index (κ1) is 15.3. The monoisotopic (exact) mass is 283 g/mol. The molecule has 0 aliphatic heterocycles. The maximum absolute atomic E-state index is 9.97. The van der Waals surface area contributed by atoms with Crippen LogP contribution in [0.3, 0.4) is 0 Å². The fraction of sp³-hybridized carbons (Fsp3) is 0.278. The van der Waals surface area contributed by atoms with Crippen molar-refractivity contribution in [1.82, 2.24) is 0 Å². The summed E-state index contributed by atoms with van der Waals surface area (Å²) in [4.78, 5) is 4.41. The molecule has 21 heavy (non-hydrogen) atoms. The Morgan fingerprint density at radius 3 is 2.29 bits per heavy atom. The molecular weight excluding hydrogens is 262 g/mol. The van der Waals surface area contributed by atoms with E-state index in [1.165, 1.54) is 0 Å². The number of phenolic OH excluding ortho intramolecular Hbond substituents is 1. The Morgan fingerprint density at radius 1 is 0.952 bits per heavy atom. The van der Waals surface area contributed by atoms with Crippen LogP contribution in [0.15, 0.2) is 35.3 Å². The van der Waals surface area contributed by atoms with Crippen LogP contribution in [0.4, 0.5) is 0 Å². The van der Waals surface area contributed by atoms with Gasteiger partial charge in [-0.25, -0.2) is 0 Å². The number of aliphatic imine (C=N–C) groups is 1. The summed E-state index contributed by atoms with van der Waals surface area (Å²) in [6.07, 6.45) is 1.71. The van der Waals surface area contributed by atoms with Crippen molar-refractivity contribution in [3.05, 3.63) is 63.7 Å². The standard InChI is InChI=1S/C18H21NO2/c1-12-4-14(3)17(18(21)7-12)10-19-9-15-5-13(2)6-16(8-15)11-20/h4-8,10,20-21H,9,11H2,1-3H3. The Morgan fingerprint density at radius 2 is 1.62 bits per heavy atom. The molecule has 3 nitrogen and oxygen atoms in total. The fourth-order valence-corrected chi connectivity index (χ4v) is 2.50. The number of phenols is 1. The van der Waals surface area contributed by atoms with Crippen LogP contribution in [0.25, 0.3) is 0 Å². The van der Waals surface area contributed by atoms with E-state index in [4.69, 9.17) is 0 Å². The van der Waals surface area contributed by atoms with Gasteiger partial charge in [0.05, 0.1) is 13.2 Å². The molecule has 0 heterocycles. The molecule has 2 N–H and O–H groups in total. The lowest BCUT2D eigenvalue weighted by molar-refractivity contribution is 0.281. The van der Waals surface area contributed by atoms with Crippen molar-refractivity contribution in [2.24, 2.45) is 4.99 Å². The van der Waals surface area contributed by atoms with Crippen molar-refractivity contribution in [1.29, 1.82) is 0 Å². The summed E-state index contributed by atoms with van der Waals surface area (Å²) in [5.41, 5.74) is 5.87. The summed E-state index contributed by atoms with van der Waals surface area (Å²) in [5.74, 6) is 0.261. The molecule has 0 radical (unpaired) electrons. The number of aromatic hydroxyl groups is 1. The summed E-state index contributed by atoms with van der Waals surface area (Å²) in [6.45, 7) is 6.49. The van der Waals surface area contributed by atoms with E-state index in [1.54, 1.807) is 12.3 Å². The smallest absolute Gasteiger partial charge is 0.124 e. The number of hydrogen-bond donors (Lipinski definition) is 2. The molecule has 0 spiro atoms. The summed E-state index contributed by atoms with van der Waals surface area (Å²) < 4.78 is 0. The number of nitrogens with zero attached hydrogens (tertiary/aromatic N) is 1. The van der Waals surface area contributed by atoms with E-state index >= 15 is 0 Å². The molecule has 0 atom stereocenters. The highest BCUT2D eigenvalue weighted by Crippen LogP contribution is 2.21. The van der Waals surface area contributed by atoms with E-state index < -0.39 is 0 Å². The van der Waals surface area contributed by atoms with Gasteiger partial charge in [0.15, 0.2) is 0 Å². The van der Waals surface area contributed by atoms with Gasteiger partial charge in [-0.1, -0.05) is 29.8 Å². The zero-order valence-electron chi connectivity index (χ0n) is 12.7. The molecule has 0 amide bonds. The number of hydrogen-bond acceptors (Lipinski definition) is 3. The second kappa shape index (κ2) is 6.55. The van der Waals surface area contributed by atoms with E-state index in [0.29, 0.717) is 6.54 Å². The first-order valence-corrected chi connectivity index (χ1v) is 7.00. The molecule has 0 saturated carbocycles. The van der Waals surface area contributed by atoms with Gasteiger partial charge in [0, 0.05) is 11.8 Å². The maximum atomic E-state index is 9.97. The van der Waals surface area contributed by atoms with Crippen LogP contribution in [0.1, 0.15) is 33.4 Å². The summed E-state index contributed by atoms with van der Waals surface area (Å²) in [6, 6.07) is 9.73. The van der Waals surface area contributed by atoms with E-state index in [2.05, 4.69) is 11.1 Å². The summed E-state index contributed by atoms with van der Waals surface area (Å²) >= 11 is 0. The van der Waals surface area contributed by atoms with Crippen molar-refractivity contribution >= 4 is 6.21 Å². The number of rotatable bonds is 4. The maximum Gasteiger partial charge on any atom is 0.124 e. The van der Waals surface area contributed by atoms with Gasteiger partial charge < -0.3 is 10.2 Å². The minimum Gasteiger partial charge on any atom is -0.507 e. The molecule has 0 aliphatic carbocycles. The van der Waals surface area contributed by atoms with Gasteiger partial charge in [-0.2, -0.15) is 0 Å². The Kier molecular flexibility index (Phi) is 4.76. The largest absolute Gasteiger partial charge is 0.507 e. The van der Waals surface area contributed by atoms with Crippen molar-refractivity contribution < 1.29 is 10.2 Å². The average Bonchev–Trinajstić information content (AvgIpc) is 2.41.